The van der Waals surface area contributed by atoms with Gasteiger partial charge in [-0.05, 0) is 48.9 Å². The monoisotopic (exact) mass is 300 g/mol. The third-order valence-corrected chi connectivity index (χ3v) is 3.40. The second-order valence-corrected chi connectivity index (χ2v) is 5.16. The van der Waals surface area contributed by atoms with Crippen molar-refractivity contribution < 1.29 is 18.9 Å². The maximum absolute atomic E-state index is 5.88. The highest BCUT2D eigenvalue weighted by Crippen LogP contribution is 2.20. The third-order valence-electron chi connectivity index (χ3n) is 3.40. The Morgan fingerprint density at radius 2 is 1.91 bits per heavy atom. The van der Waals surface area contributed by atoms with Gasteiger partial charge in [-0.2, -0.15) is 0 Å². The van der Waals surface area contributed by atoms with E-state index >= 15 is 0 Å². The molecule has 1 fully saturated rings. The van der Waals surface area contributed by atoms with E-state index in [1.807, 2.05) is 42.5 Å². The molecule has 22 heavy (non-hydrogen) atoms. The smallest absolute Gasteiger partial charge is 0.127 e. The molecule has 3 rings (SSSR count). The van der Waals surface area contributed by atoms with Crippen LogP contribution in [0.15, 0.2) is 60.4 Å². The van der Waals surface area contributed by atoms with Gasteiger partial charge in [0.15, 0.2) is 0 Å². The first-order valence-electron chi connectivity index (χ1n) is 7.43. The summed E-state index contributed by atoms with van der Waals surface area (Å²) >= 11 is 0. The number of epoxide rings is 1. The fourth-order valence-corrected chi connectivity index (χ4v) is 2.07. The van der Waals surface area contributed by atoms with Crippen molar-refractivity contribution in [3.63, 3.8) is 0 Å². The summed E-state index contributed by atoms with van der Waals surface area (Å²) in [4.78, 5) is 0. The molecule has 2 aliphatic rings. The zero-order chi connectivity index (χ0) is 15.2. The number of methoxy groups -OCH3 is 1. The molecule has 0 spiro atoms. The summed E-state index contributed by atoms with van der Waals surface area (Å²) in [5, 5.41) is 0. The molecule has 0 saturated carbocycles. The second kappa shape index (κ2) is 7.29. The van der Waals surface area contributed by atoms with E-state index in [9.17, 15) is 0 Å². The molecule has 0 radical (unpaired) electrons. The quantitative estimate of drug-likeness (QED) is 0.597. The summed E-state index contributed by atoms with van der Waals surface area (Å²) < 4.78 is 22.0. The lowest BCUT2D eigenvalue weighted by atomic mass is 10.2. The molecule has 1 heterocycles. The van der Waals surface area contributed by atoms with Crippen molar-refractivity contribution in [2.45, 2.75) is 18.6 Å². The molecule has 1 aromatic rings. The van der Waals surface area contributed by atoms with Crippen molar-refractivity contribution in [2.75, 3.05) is 20.3 Å². The highest BCUT2D eigenvalue weighted by atomic mass is 16.6. The minimum Gasteiger partial charge on any atom is -0.497 e. The third kappa shape index (κ3) is 4.48. The minimum absolute atomic E-state index is 0.0348. The predicted molar refractivity (Wildman–Crippen MR) is 84.1 cm³/mol. The van der Waals surface area contributed by atoms with E-state index < -0.39 is 0 Å². The van der Waals surface area contributed by atoms with E-state index in [1.165, 1.54) is 0 Å². The van der Waals surface area contributed by atoms with Crippen LogP contribution in [0, 0.1) is 0 Å². The average molecular weight is 300 g/mol. The van der Waals surface area contributed by atoms with Gasteiger partial charge in [-0.3, -0.25) is 0 Å². The number of hydrogen-bond acceptors (Lipinski definition) is 4. The largest absolute Gasteiger partial charge is 0.497 e. The normalized spacial score (nSPS) is 24.9. The van der Waals surface area contributed by atoms with Gasteiger partial charge >= 0.3 is 0 Å². The van der Waals surface area contributed by atoms with E-state index in [1.54, 1.807) is 7.11 Å². The molecule has 0 aromatic heterocycles. The van der Waals surface area contributed by atoms with E-state index in [-0.39, 0.29) is 12.2 Å². The van der Waals surface area contributed by atoms with Crippen LogP contribution in [0.2, 0.25) is 0 Å². The Balaban J connectivity index is 1.59. The fraction of sp³-hybridized carbons (Fsp3) is 0.333. The molecule has 1 saturated heterocycles. The Kier molecular flexibility index (Phi) is 4.93. The molecule has 0 N–H and O–H groups in total. The summed E-state index contributed by atoms with van der Waals surface area (Å²) in [6.45, 7) is 1.45. The van der Waals surface area contributed by atoms with Gasteiger partial charge in [0.1, 0.15) is 23.4 Å². The van der Waals surface area contributed by atoms with Gasteiger partial charge in [0.2, 0.25) is 0 Å². The van der Waals surface area contributed by atoms with Crippen molar-refractivity contribution in [2.24, 2.45) is 0 Å². The number of benzene rings is 1. The molecule has 4 heteroatoms. The van der Waals surface area contributed by atoms with Crippen LogP contribution >= 0.6 is 0 Å². The Hall–Kier alpha value is -2.04. The number of allylic oxidation sites excluding steroid dienone is 3. The molecule has 2 unspecified atom stereocenters. The molecule has 0 amide bonds. The summed E-state index contributed by atoms with van der Waals surface area (Å²) in [6.07, 6.45) is 11.2. The van der Waals surface area contributed by atoms with Gasteiger partial charge in [0.05, 0.1) is 26.4 Å². The topological polar surface area (TPSA) is 40.2 Å². The molecule has 2 atom stereocenters. The lowest BCUT2D eigenvalue weighted by Crippen LogP contribution is -2.12. The molecule has 1 aromatic carbocycles. The number of hydrogen-bond donors (Lipinski definition) is 0. The fourth-order valence-electron chi connectivity index (χ4n) is 2.07. The van der Waals surface area contributed by atoms with Crippen LogP contribution in [-0.2, 0) is 9.47 Å². The maximum Gasteiger partial charge on any atom is 0.127 e. The average Bonchev–Trinajstić information content (AvgIpc) is 3.34. The van der Waals surface area contributed by atoms with Crippen molar-refractivity contribution in [1.82, 2.24) is 0 Å². The van der Waals surface area contributed by atoms with E-state index in [0.717, 1.165) is 30.3 Å². The van der Waals surface area contributed by atoms with Crippen LogP contribution in [-0.4, -0.2) is 32.5 Å². The van der Waals surface area contributed by atoms with Crippen LogP contribution in [0.1, 0.15) is 6.42 Å². The standard InChI is InChI=1S/C18H20O4/c1-19-14-6-9-17(10-7-14)22-16-5-3-2-4-15(8-11-16)20-12-18-13-21-18/h2,4-11,15,18H,3,12-13H2,1H3/b4-2-,11-8?,16-5?. The first-order valence-corrected chi connectivity index (χ1v) is 7.43. The minimum atomic E-state index is -0.0348. The summed E-state index contributed by atoms with van der Waals surface area (Å²) in [6, 6.07) is 7.54. The highest BCUT2D eigenvalue weighted by molar-refractivity contribution is 5.34. The van der Waals surface area contributed by atoms with Gasteiger partial charge in [-0.25, -0.2) is 0 Å². The van der Waals surface area contributed by atoms with Crippen LogP contribution < -0.4 is 9.47 Å². The van der Waals surface area contributed by atoms with Gasteiger partial charge in [0.25, 0.3) is 0 Å². The molecule has 4 nitrogen and oxygen atoms in total. The Morgan fingerprint density at radius 1 is 1.14 bits per heavy atom. The Bertz CT molecular complexity index is 567. The first-order chi connectivity index (χ1) is 10.8. The van der Waals surface area contributed by atoms with Gasteiger partial charge < -0.3 is 18.9 Å². The van der Waals surface area contributed by atoms with Crippen LogP contribution in [0.5, 0.6) is 11.5 Å². The first kappa shape index (κ1) is 14.9. The molecule has 1 aliphatic carbocycles. The predicted octanol–water partition coefficient (Wildman–Crippen LogP) is 3.26. The molecule has 1 aliphatic heterocycles. The van der Waals surface area contributed by atoms with Crippen molar-refractivity contribution in [3.8, 4) is 11.5 Å². The highest BCUT2D eigenvalue weighted by Gasteiger charge is 2.23. The maximum atomic E-state index is 5.88. The SMILES string of the molecule is COc1ccc(OC2=CC/C=C\C(OCC3CO3)C=C2)cc1. The zero-order valence-corrected chi connectivity index (χ0v) is 12.6. The van der Waals surface area contributed by atoms with Crippen LogP contribution in [0.25, 0.3) is 0 Å². The van der Waals surface area contributed by atoms with Crippen molar-refractivity contribution in [1.29, 1.82) is 0 Å². The lowest BCUT2D eigenvalue weighted by molar-refractivity contribution is 0.0988. The van der Waals surface area contributed by atoms with Crippen LogP contribution in [0.3, 0.4) is 0 Å². The molecule has 0 bridgehead atoms. The number of ether oxygens (including phenoxy) is 4. The Morgan fingerprint density at radius 3 is 2.64 bits per heavy atom. The summed E-state index contributed by atoms with van der Waals surface area (Å²) in [7, 11) is 1.65. The number of rotatable bonds is 6. The van der Waals surface area contributed by atoms with Gasteiger partial charge in [-0.15, -0.1) is 0 Å². The van der Waals surface area contributed by atoms with Crippen LogP contribution in [0.4, 0.5) is 0 Å². The van der Waals surface area contributed by atoms with Gasteiger partial charge in [0, 0.05) is 0 Å². The lowest BCUT2D eigenvalue weighted by Gasteiger charge is -2.12. The molecular weight excluding hydrogens is 280 g/mol. The molecular formula is C18H20O4. The Labute approximate surface area is 130 Å². The van der Waals surface area contributed by atoms with E-state index in [2.05, 4.69) is 12.2 Å². The molecule has 116 valence electrons. The van der Waals surface area contributed by atoms with Gasteiger partial charge in [-0.1, -0.05) is 12.2 Å². The second-order valence-electron chi connectivity index (χ2n) is 5.16. The van der Waals surface area contributed by atoms with E-state index in [0.29, 0.717) is 6.61 Å². The van der Waals surface area contributed by atoms with Crippen molar-refractivity contribution >= 4 is 0 Å². The van der Waals surface area contributed by atoms with Crippen molar-refractivity contribution in [3.05, 3.63) is 60.4 Å². The summed E-state index contributed by atoms with van der Waals surface area (Å²) in [5.74, 6) is 2.41. The van der Waals surface area contributed by atoms with E-state index in [4.69, 9.17) is 18.9 Å². The zero-order valence-electron chi connectivity index (χ0n) is 12.6. The summed E-state index contributed by atoms with van der Waals surface area (Å²) in [5.41, 5.74) is 0.